The van der Waals surface area contributed by atoms with E-state index in [1.807, 2.05) is 31.2 Å². The summed E-state index contributed by atoms with van der Waals surface area (Å²) in [5.41, 5.74) is 1.11. The van der Waals surface area contributed by atoms with Crippen molar-refractivity contribution in [3.8, 4) is 5.75 Å². The summed E-state index contributed by atoms with van der Waals surface area (Å²) in [7, 11) is 0. The van der Waals surface area contributed by atoms with Gasteiger partial charge in [-0.3, -0.25) is 0 Å². The number of hydrogen-bond donors (Lipinski definition) is 0. The first kappa shape index (κ1) is 10.8. The molecule has 1 aliphatic heterocycles. The molecule has 0 atom stereocenters. The van der Waals surface area contributed by atoms with Crippen LogP contribution in [0.4, 0.5) is 4.79 Å². The van der Waals surface area contributed by atoms with Crippen molar-refractivity contribution in [3.63, 3.8) is 0 Å². The highest BCUT2D eigenvalue weighted by Crippen LogP contribution is 2.14. The van der Waals surface area contributed by atoms with Gasteiger partial charge in [-0.25, -0.2) is 10.1 Å². The molecule has 2 rings (SSSR count). The molecule has 1 aliphatic rings. The summed E-state index contributed by atoms with van der Waals surface area (Å²) in [6.07, 6.45) is 0. The van der Waals surface area contributed by atoms with E-state index in [4.69, 9.17) is 4.74 Å². The Labute approximate surface area is 95.2 Å². The standard InChI is InChI=1S/C12H15N2O2/c1-2-16-11-5-3-10(4-6-11)9-14-8-7-13-12(14)15/h3-6H,2,7-9H2,1H3. The van der Waals surface area contributed by atoms with Crippen molar-refractivity contribution in [1.29, 1.82) is 0 Å². The van der Waals surface area contributed by atoms with Gasteiger partial charge in [-0.15, -0.1) is 0 Å². The molecule has 0 aromatic heterocycles. The van der Waals surface area contributed by atoms with Gasteiger partial charge in [0, 0.05) is 13.1 Å². The zero-order valence-electron chi connectivity index (χ0n) is 9.35. The number of rotatable bonds is 4. The SMILES string of the molecule is CCOc1ccc(CN2CC[N]C2=O)cc1. The van der Waals surface area contributed by atoms with Crippen LogP contribution in [0.5, 0.6) is 5.75 Å². The molecular weight excluding hydrogens is 204 g/mol. The Bertz CT molecular complexity index is 362. The molecule has 0 N–H and O–H groups in total. The highest BCUT2D eigenvalue weighted by atomic mass is 16.5. The molecule has 16 heavy (non-hydrogen) atoms. The van der Waals surface area contributed by atoms with Gasteiger partial charge in [-0.2, -0.15) is 0 Å². The topological polar surface area (TPSA) is 43.6 Å². The first-order valence-corrected chi connectivity index (χ1v) is 5.47. The summed E-state index contributed by atoms with van der Waals surface area (Å²) in [6, 6.07) is 7.72. The van der Waals surface area contributed by atoms with Crippen molar-refractivity contribution in [2.24, 2.45) is 0 Å². The maximum absolute atomic E-state index is 11.3. The zero-order valence-corrected chi connectivity index (χ0v) is 9.35. The molecule has 2 amide bonds. The summed E-state index contributed by atoms with van der Waals surface area (Å²) in [6.45, 7) is 4.61. The van der Waals surface area contributed by atoms with Gasteiger partial charge >= 0.3 is 6.03 Å². The van der Waals surface area contributed by atoms with Gasteiger partial charge < -0.3 is 9.64 Å². The van der Waals surface area contributed by atoms with Crippen LogP contribution in [0.1, 0.15) is 12.5 Å². The van der Waals surface area contributed by atoms with Crippen molar-refractivity contribution >= 4 is 6.03 Å². The predicted octanol–water partition coefficient (Wildman–Crippen LogP) is 1.63. The van der Waals surface area contributed by atoms with Crippen molar-refractivity contribution in [2.75, 3.05) is 19.7 Å². The van der Waals surface area contributed by atoms with E-state index in [0.29, 0.717) is 19.7 Å². The van der Waals surface area contributed by atoms with E-state index in [9.17, 15) is 4.79 Å². The smallest absolute Gasteiger partial charge is 0.339 e. The Balaban J connectivity index is 1.96. The molecule has 0 spiro atoms. The lowest BCUT2D eigenvalue weighted by atomic mass is 10.2. The summed E-state index contributed by atoms with van der Waals surface area (Å²) in [5, 5.41) is 3.82. The van der Waals surface area contributed by atoms with E-state index in [1.165, 1.54) is 0 Å². The third kappa shape index (κ3) is 2.45. The van der Waals surface area contributed by atoms with E-state index in [-0.39, 0.29) is 6.03 Å². The van der Waals surface area contributed by atoms with Gasteiger partial charge in [0.2, 0.25) is 0 Å². The fourth-order valence-electron chi connectivity index (χ4n) is 1.69. The van der Waals surface area contributed by atoms with Crippen molar-refractivity contribution in [3.05, 3.63) is 29.8 Å². The number of carbonyl (C=O) groups is 1. The number of urea groups is 1. The minimum atomic E-state index is -0.103. The highest BCUT2D eigenvalue weighted by Gasteiger charge is 2.20. The maximum Gasteiger partial charge on any atom is 0.339 e. The molecule has 0 bridgehead atoms. The Morgan fingerprint density at radius 3 is 2.69 bits per heavy atom. The second-order valence-electron chi connectivity index (χ2n) is 3.66. The van der Waals surface area contributed by atoms with Crippen LogP contribution < -0.4 is 10.1 Å². The molecule has 1 heterocycles. The Morgan fingerprint density at radius 2 is 2.12 bits per heavy atom. The second kappa shape index (κ2) is 4.88. The molecule has 1 fully saturated rings. The van der Waals surface area contributed by atoms with Crippen molar-refractivity contribution in [2.45, 2.75) is 13.5 Å². The van der Waals surface area contributed by atoms with E-state index in [2.05, 4.69) is 5.32 Å². The van der Waals surface area contributed by atoms with Crippen molar-refractivity contribution < 1.29 is 9.53 Å². The minimum Gasteiger partial charge on any atom is -0.494 e. The van der Waals surface area contributed by atoms with Crippen LogP contribution in [0.25, 0.3) is 0 Å². The highest BCUT2D eigenvalue weighted by molar-refractivity contribution is 5.75. The van der Waals surface area contributed by atoms with E-state index in [1.54, 1.807) is 4.90 Å². The normalized spacial score (nSPS) is 15.1. The third-order valence-corrected chi connectivity index (χ3v) is 2.50. The molecule has 1 aromatic rings. The van der Waals surface area contributed by atoms with Gasteiger partial charge in [0.15, 0.2) is 0 Å². The van der Waals surface area contributed by atoms with Crippen LogP contribution in [0.2, 0.25) is 0 Å². The molecule has 0 unspecified atom stereocenters. The van der Waals surface area contributed by atoms with Crippen LogP contribution in [0.15, 0.2) is 24.3 Å². The maximum atomic E-state index is 11.3. The van der Waals surface area contributed by atoms with Crippen LogP contribution in [0.3, 0.4) is 0 Å². The van der Waals surface area contributed by atoms with E-state index >= 15 is 0 Å². The number of nitrogens with zero attached hydrogens (tertiary/aromatic N) is 2. The van der Waals surface area contributed by atoms with Crippen LogP contribution >= 0.6 is 0 Å². The number of carbonyl (C=O) groups excluding carboxylic acids is 1. The molecule has 0 aliphatic carbocycles. The van der Waals surface area contributed by atoms with Gasteiger partial charge in [-0.05, 0) is 24.6 Å². The van der Waals surface area contributed by atoms with Gasteiger partial charge in [0.05, 0.1) is 13.2 Å². The molecule has 0 saturated carbocycles. The molecule has 1 aromatic carbocycles. The lowest BCUT2D eigenvalue weighted by Crippen LogP contribution is -2.25. The zero-order chi connectivity index (χ0) is 11.4. The minimum absolute atomic E-state index is 0.103. The number of benzene rings is 1. The quantitative estimate of drug-likeness (QED) is 0.772. The largest absolute Gasteiger partial charge is 0.494 e. The molecule has 4 nitrogen and oxygen atoms in total. The second-order valence-corrected chi connectivity index (χ2v) is 3.66. The van der Waals surface area contributed by atoms with E-state index < -0.39 is 0 Å². The first-order valence-electron chi connectivity index (χ1n) is 5.47. The van der Waals surface area contributed by atoms with Crippen molar-refractivity contribution in [1.82, 2.24) is 10.2 Å². The fraction of sp³-hybridized carbons (Fsp3) is 0.417. The summed E-state index contributed by atoms with van der Waals surface area (Å²) < 4.78 is 5.35. The van der Waals surface area contributed by atoms with Gasteiger partial charge in [0.1, 0.15) is 5.75 Å². The Hall–Kier alpha value is -1.71. The van der Waals surface area contributed by atoms with Crippen LogP contribution in [0, 0.1) is 0 Å². The number of hydrogen-bond acceptors (Lipinski definition) is 2. The average Bonchev–Trinajstić information content (AvgIpc) is 2.68. The monoisotopic (exact) mass is 219 g/mol. The molecule has 85 valence electrons. The Kier molecular flexibility index (Phi) is 3.29. The summed E-state index contributed by atoms with van der Waals surface area (Å²) >= 11 is 0. The number of amides is 2. The lowest BCUT2D eigenvalue weighted by Gasteiger charge is -2.13. The molecule has 1 saturated heterocycles. The molecule has 1 radical (unpaired) electrons. The predicted molar refractivity (Wildman–Crippen MR) is 60.4 cm³/mol. The van der Waals surface area contributed by atoms with Crippen LogP contribution in [-0.2, 0) is 6.54 Å². The summed E-state index contributed by atoms with van der Waals surface area (Å²) in [5.74, 6) is 0.865. The molecule has 4 heteroatoms. The lowest BCUT2D eigenvalue weighted by molar-refractivity contribution is 0.215. The van der Waals surface area contributed by atoms with Gasteiger partial charge in [0.25, 0.3) is 0 Å². The van der Waals surface area contributed by atoms with Gasteiger partial charge in [-0.1, -0.05) is 12.1 Å². The van der Waals surface area contributed by atoms with Crippen LogP contribution in [-0.4, -0.2) is 30.6 Å². The number of ether oxygens (including phenoxy) is 1. The Morgan fingerprint density at radius 1 is 1.38 bits per heavy atom. The first-order chi connectivity index (χ1) is 7.79. The average molecular weight is 219 g/mol. The summed E-state index contributed by atoms with van der Waals surface area (Å²) in [4.78, 5) is 13.0. The molecular formula is C12H15N2O2. The van der Waals surface area contributed by atoms with E-state index in [0.717, 1.165) is 17.9 Å². The third-order valence-electron chi connectivity index (χ3n) is 2.50. The fourth-order valence-corrected chi connectivity index (χ4v) is 1.69.